The van der Waals surface area contributed by atoms with Gasteiger partial charge in [0.1, 0.15) is 5.00 Å². The summed E-state index contributed by atoms with van der Waals surface area (Å²) in [5.41, 5.74) is 9.31. The minimum absolute atomic E-state index is 0.0315. The number of hydrogen-bond donors (Lipinski definition) is 2. The van der Waals surface area contributed by atoms with E-state index in [0.717, 1.165) is 31.2 Å². The number of amides is 2. The molecule has 0 unspecified atom stereocenters. The van der Waals surface area contributed by atoms with E-state index in [2.05, 4.69) is 46.9 Å². The molecule has 2 amide bonds. The summed E-state index contributed by atoms with van der Waals surface area (Å²) in [6.45, 7) is 13.3. The van der Waals surface area contributed by atoms with Gasteiger partial charge in [-0.3, -0.25) is 9.59 Å². The summed E-state index contributed by atoms with van der Waals surface area (Å²) in [5.74, 6) is -0.0936. The van der Waals surface area contributed by atoms with Gasteiger partial charge >= 0.3 is 0 Å². The van der Waals surface area contributed by atoms with Gasteiger partial charge in [0.05, 0.1) is 5.56 Å². The van der Waals surface area contributed by atoms with Crippen LogP contribution in [0.3, 0.4) is 0 Å². The third-order valence-corrected chi connectivity index (χ3v) is 7.94. The Balaban J connectivity index is 1.86. The monoisotopic (exact) mass is 426 g/mol. The Kier molecular flexibility index (Phi) is 6.15. The average Bonchev–Trinajstić information content (AvgIpc) is 3.04. The number of carbonyl (C=O) groups excluding carboxylic acids is 2. The molecule has 30 heavy (non-hydrogen) atoms. The molecule has 0 fully saturated rings. The largest absolute Gasteiger partial charge is 0.365 e. The first-order chi connectivity index (χ1) is 13.9. The van der Waals surface area contributed by atoms with Crippen LogP contribution in [-0.4, -0.2) is 11.8 Å². The summed E-state index contributed by atoms with van der Waals surface area (Å²) in [5, 5.41) is 3.56. The predicted molar refractivity (Wildman–Crippen MR) is 126 cm³/mol. The summed E-state index contributed by atoms with van der Waals surface area (Å²) in [6, 6.07) is 7.65. The second kappa shape index (κ2) is 8.18. The van der Waals surface area contributed by atoms with E-state index in [-0.39, 0.29) is 16.7 Å². The Labute approximate surface area is 184 Å². The van der Waals surface area contributed by atoms with Crippen molar-refractivity contribution < 1.29 is 9.59 Å². The minimum atomic E-state index is -0.459. The molecule has 0 aliphatic heterocycles. The Morgan fingerprint density at radius 3 is 2.30 bits per heavy atom. The van der Waals surface area contributed by atoms with Crippen molar-refractivity contribution >= 4 is 28.2 Å². The first-order valence-corrected chi connectivity index (χ1v) is 11.6. The van der Waals surface area contributed by atoms with E-state index in [1.807, 2.05) is 24.3 Å². The van der Waals surface area contributed by atoms with E-state index in [9.17, 15) is 9.59 Å². The van der Waals surface area contributed by atoms with Crippen molar-refractivity contribution in [1.82, 2.24) is 0 Å². The standard InChI is InChI=1S/C25H34N2O2S/c1-7-25(5,6)17-12-13-18-19(14-17)30-23(20(18)21(26)28)27-22(29)15-8-10-16(11-9-15)24(2,3)4/h8-11,17H,7,12-14H2,1-6H3,(H2,26,28)(H,27,29)/t17-/m1/s1. The van der Waals surface area contributed by atoms with Gasteiger partial charge in [-0.15, -0.1) is 11.3 Å². The Bertz CT molecular complexity index is 949. The highest BCUT2D eigenvalue weighted by Gasteiger charge is 2.35. The van der Waals surface area contributed by atoms with Gasteiger partial charge in [0.15, 0.2) is 0 Å². The highest BCUT2D eigenvalue weighted by atomic mass is 32.1. The maximum absolute atomic E-state index is 12.9. The van der Waals surface area contributed by atoms with E-state index in [4.69, 9.17) is 5.73 Å². The van der Waals surface area contributed by atoms with Crippen LogP contribution < -0.4 is 11.1 Å². The molecule has 4 nitrogen and oxygen atoms in total. The minimum Gasteiger partial charge on any atom is -0.365 e. The second-order valence-corrected chi connectivity index (χ2v) is 11.2. The fourth-order valence-corrected chi connectivity index (χ4v) is 5.52. The van der Waals surface area contributed by atoms with Crippen molar-refractivity contribution in [2.75, 3.05) is 5.32 Å². The quantitative estimate of drug-likeness (QED) is 0.621. The lowest BCUT2D eigenvalue weighted by Gasteiger charge is -2.36. The van der Waals surface area contributed by atoms with Gasteiger partial charge < -0.3 is 11.1 Å². The van der Waals surface area contributed by atoms with Crippen LogP contribution in [0.25, 0.3) is 0 Å². The average molecular weight is 427 g/mol. The van der Waals surface area contributed by atoms with Crippen molar-refractivity contribution in [1.29, 1.82) is 0 Å². The van der Waals surface area contributed by atoms with Gasteiger partial charge in [0.25, 0.3) is 11.8 Å². The topological polar surface area (TPSA) is 72.2 Å². The lowest BCUT2D eigenvalue weighted by Crippen LogP contribution is -2.29. The predicted octanol–water partition coefficient (Wildman–Crippen LogP) is 5.94. The molecule has 0 spiro atoms. The lowest BCUT2D eigenvalue weighted by atomic mass is 9.69. The number of nitrogens with two attached hydrogens (primary N) is 1. The molecule has 162 valence electrons. The third kappa shape index (κ3) is 4.46. The normalized spacial score (nSPS) is 16.8. The molecule has 1 aliphatic rings. The molecule has 0 saturated heterocycles. The molecule has 1 aromatic heterocycles. The molecule has 1 atom stereocenters. The zero-order valence-electron chi connectivity index (χ0n) is 19.0. The molecule has 0 bridgehead atoms. The number of benzene rings is 1. The van der Waals surface area contributed by atoms with E-state index in [1.54, 1.807) is 0 Å². The number of carbonyl (C=O) groups is 2. The van der Waals surface area contributed by atoms with Crippen molar-refractivity contribution in [3.8, 4) is 0 Å². The number of primary amides is 1. The first kappa shape index (κ1) is 22.5. The maximum atomic E-state index is 12.9. The molecule has 1 aromatic carbocycles. The molecule has 3 rings (SSSR count). The summed E-state index contributed by atoms with van der Waals surface area (Å²) >= 11 is 1.52. The van der Waals surface area contributed by atoms with Gasteiger partial charge in [-0.2, -0.15) is 0 Å². The fraction of sp³-hybridized carbons (Fsp3) is 0.520. The summed E-state index contributed by atoms with van der Waals surface area (Å²) < 4.78 is 0. The number of anilines is 1. The van der Waals surface area contributed by atoms with E-state index in [0.29, 0.717) is 22.0 Å². The van der Waals surface area contributed by atoms with Gasteiger partial charge in [0, 0.05) is 10.4 Å². The van der Waals surface area contributed by atoms with Crippen molar-refractivity contribution in [3.05, 3.63) is 51.4 Å². The number of fused-ring (bicyclic) bond motifs is 1. The van der Waals surface area contributed by atoms with Crippen LogP contribution in [-0.2, 0) is 18.3 Å². The molecule has 5 heteroatoms. The van der Waals surface area contributed by atoms with Crippen LogP contribution in [0.4, 0.5) is 5.00 Å². The molecule has 0 radical (unpaired) electrons. The zero-order chi connectivity index (χ0) is 22.3. The smallest absolute Gasteiger partial charge is 0.256 e. The molecular formula is C25H34N2O2S. The second-order valence-electron chi connectivity index (χ2n) is 10.1. The first-order valence-electron chi connectivity index (χ1n) is 10.8. The molecule has 3 N–H and O–H groups in total. The highest BCUT2D eigenvalue weighted by Crippen LogP contribution is 2.45. The Hall–Kier alpha value is -2.14. The van der Waals surface area contributed by atoms with Crippen molar-refractivity contribution in [2.24, 2.45) is 17.1 Å². The number of hydrogen-bond acceptors (Lipinski definition) is 3. The summed E-state index contributed by atoms with van der Waals surface area (Å²) in [4.78, 5) is 26.3. The van der Waals surface area contributed by atoms with E-state index >= 15 is 0 Å². The number of rotatable bonds is 5. The van der Waals surface area contributed by atoms with Gasteiger partial charge in [-0.25, -0.2) is 0 Å². The zero-order valence-corrected chi connectivity index (χ0v) is 19.8. The van der Waals surface area contributed by atoms with Crippen LogP contribution in [0.5, 0.6) is 0 Å². The van der Waals surface area contributed by atoms with Crippen molar-refractivity contribution in [2.45, 2.75) is 72.6 Å². The fourth-order valence-electron chi connectivity index (χ4n) is 4.19. The molecule has 1 heterocycles. The Morgan fingerprint density at radius 1 is 1.13 bits per heavy atom. The molecule has 1 aliphatic carbocycles. The van der Waals surface area contributed by atoms with Crippen LogP contribution in [0, 0.1) is 11.3 Å². The maximum Gasteiger partial charge on any atom is 0.256 e. The van der Waals surface area contributed by atoms with Crippen LogP contribution in [0.2, 0.25) is 0 Å². The van der Waals surface area contributed by atoms with Crippen LogP contribution in [0.1, 0.15) is 91.1 Å². The summed E-state index contributed by atoms with van der Waals surface area (Å²) in [7, 11) is 0. The van der Waals surface area contributed by atoms with Gasteiger partial charge in [-0.05, 0) is 59.3 Å². The van der Waals surface area contributed by atoms with E-state index < -0.39 is 5.91 Å². The molecule has 2 aromatic rings. The van der Waals surface area contributed by atoms with Gasteiger partial charge in [0.2, 0.25) is 0 Å². The lowest BCUT2D eigenvalue weighted by molar-refractivity contribution is 0.0999. The third-order valence-electron chi connectivity index (χ3n) is 6.77. The highest BCUT2D eigenvalue weighted by molar-refractivity contribution is 7.17. The SMILES string of the molecule is CCC(C)(C)[C@@H]1CCc2c(sc(NC(=O)c3ccc(C(C)(C)C)cc3)c2C(N)=O)C1. The number of thiophene rings is 1. The van der Waals surface area contributed by atoms with Gasteiger partial charge in [-0.1, -0.05) is 60.1 Å². The molecule has 0 saturated carbocycles. The summed E-state index contributed by atoms with van der Waals surface area (Å²) in [6.07, 6.45) is 3.95. The van der Waals surface area contributed by atoms with Crippen LogP contribution >= 0.6 is 11.3 Å². The Morgan fingerprint density at radius 2 is 1.77 bits per heavy atom. The van der Waals surface area contributed by atoms with Crippen LogP contribution in [0.15, 0.2) is 24.3 Å². The van der Waals surface area contributed by atoms with Crippen molar-refractivity contribution in [3.63, 3.8) is 0 Å². The van der Waals surface area contributed by atoms with E-state index in [1.165, 1.54) is 21.8 Å². The number of nitrogens with one attached hydrogen (secondary N) is 1. The molecular weight excluding hydrogens is 392 g/mol.